The lowest BCUT2D eigenvalue weighted by molar-refractivity contribution is 0.349. The summed E-state index contributed by atoms with van der Waals surface area (Å²) in [7, 11) is 1.90. The van der Waals surface area contributed by atoms with Crippen molar-refractivity contribution in [2.45, 2.75) is 18.5 Å². The molecule has 0 spiro atoms. The van der Waals surface area contributed by atoms with Crippen molar-refractivity contribution in [2.75, 3.05) is 12.9 Å². The van der Waals surface area contributed by atoms with Gasteiger partial charge in [0.25, 0.3) is 0 Å². The van der Waals surface area contributed by atoms with E-state index in [-0.39, 0.29) is 0 Å². The van der Waals surface area contributed by atoms with Crippen LogP contribution >= 0.6 is 11.8 Å². The number of nitrogens with zero attached hydrogens (tertiary/aromatic N) is 3. The zero-order valence-electron chi connectivity index (χ0n) is 12.1. The van der Waals surface area contributed by atoms with Crippen LogP contribution in [-0.2, 0) is 7.05 Å². The van der Waals surface area contributed by atoms with Crippen molar-refractivity contribution in [3.05, 3.63) is 36.4 Å². The quantitative estimate of drug-likeness (QED) is 0.602. The maximum Gasteiger partial charge on any atom is 0.186 e. The second-order valence-electron chi connectivity index (χ2n) is 4.46. The predicted octanol–water partition coefficient (Wildman–Crippen LogP) is 3.55. The fraction of sp³-hybridized carbons (Fsp3) is 0.333. The molecule has 0 fully saturated rings. The molecule has 0 radical (unpaired) electrons. The van der Waals surface area contributed by atoms with Crippen LogP contribution in [0.1, 0.15) is 13.3 Å². The first-order chi connectivity index (χ1) is 9.63. The zero-order valence-corrected chi connectivity index (χ0v) is 12.9. The van der Waals surface area contributed by atoms with Crippen molar-refractivity contribution < 1.29 is 4.74 Å². The second-order valence-corrected chi connectivity index (χ2v) is 5.24. The highest BCUT2D eigenvalue weighted by atomic mass is 32.2. The molecule has 0 atom stereocenters. The number of benzene rings is 1. The van der Waals surface area contributed by atoms with Crippen LogP contribution in [0.25, 0.3) is 11.4 Å². The summed E-state index contributed by atoms with van der Waals surface area (Å²) in [5, 5.41) is 5.30. The lowest BCUT2D eigenvalue weighted by Gasteiger charge is -2.07. The summed E-state index contributed by atoms with van der Waals surface area (Å²) in [4.78, 5) is 4.48. The molecule has 0 N–H and O–H groups in total. The molecule has 0 unspecified atom stereocenters. The monoisotopic (exact) mass is 289 g/mol. The highest BCUT2D eigenvalue weighted by Gasteiger charge is 2.08. The molecule has 0 aliphatic rings. The third-order valence-electron chi connectivity index (χ3n) is 2.96. The highest BCUT2D eigenvalue weighted by molar-refractivity contribution is 7.98. The van der Waals surface area contributed by atoms with Gasteiger partial charge in [0, 0.05) is 12.6 Å². The fourth-order valence-electron chi connectivity index (χ4n) is 1.66. The summed E-state index contributed by atoms with van der Waals surface area (Å²) in [6, 6.07) is 7.83. The van der Waals surface area contributed by atoms with Gasteiger partial charge in [-0.1, -0.05) is 25.3 Å². The molecule has 4 nitrogen and oxygen atoms in total. The van der Waals surface area contributed by atoms with E-state index >= 15 is 0 Å². The molecule has 106 valence electrons. The minimum atomic E-state index is 0.564. The van der Waals surface area contributed by atoms with Gasteiger partial charge in [0.05, 0.1) is 0 Å². The average molecular weight is 289 g/mol. The molecule has 1 aromatic heterocycles. The third-order valence-corrected chi connectivity index (χ3v) is 3.68. The van der Waals surface area contributed by atoms with Crippen LogP contribution in [0.2, 0.25) is 0 Å². The first kappa shape index (κ1) is 14.7. The summed E-state index contributed by atoms with van der Waals surface area (Å²) in [5.74, 6) is 1.57. The summed E-state index contributed by atoms with van der Waals surface area (Å²) < 4.78 is 7.44. The Bertz CT molecular complexity index is 590. The third kappa shape index (κ3) is 3.42. The molecule has 0 saturated heterocycles. The average Bonchev–Trinajstić information content (AvgIpc) is 2.86. The van der Waals surface area contributed by atoms with Crippen molar-refractivity contribution in [3.8, 4) is 17.1 Å². The molecule has 2 rings (SSSR count). The molecule has 2 aromatic rings. The van der Waals surface area contributed by atoms with E-state index in [4.69, 9.17) is 4.74 Å². The molecule has 0 saturated carbocycles. The molecule has 5 heteroatoms. The van der Waals surface area contributed by atoms with Crippen molar-refractivity contribution in [2.24, 2.45) is 7.05 Å². The number of ether oxygens (including phenoxy) is 1. The molecular formula is C15H19N3OS. The van der Waals surface area contributed by atoms with Gasteiger partial charge in [-0.2, -0.15) is 5.10 Å². The molecule has 0 amide bonds. The Morgan fingerprint density at radius 2 is 2.05 bits per heavy atom. The van der Waals surface area contributed by atoms with E-state index in [0.29, 0.717) is 6.61 Å². The lowest BCUT2D eigenvalue weighted by atomic mass is 10.2. The van der Waals surface area contributed by atoms with Crippen LogP contribution in [0.5, 0.6) is 5.75 Å². The lowest BCUT2D eigenvalue weighted by Crippen LogP contribution is -1.99. The van der Waals surface area contributed by atoms with Crippen LogP contribution in [0, 0.1) is 0 Å². The van der Waals surface area contributed by atoms with Gasteiger partial charge in [-0.15, -0.1) is 0 Å². The van der Waals surface area contributed by atoms with Crippen LogP contribution in [0.15, 0.2) is 41.6 Å². The van der Waals surface area contributed by atoms with Gasteiger partial charge < -0.3 is 4.74 Å². The second kappa shape index (κ2) is 6.61. The van der Waals surface area contributed by atoms with Gasteiger partial charge >= 0.3 is 0 Å². The Kier molecular flexibility index (Phi) is 4.84. The van der Waals surface area contributed by atoms with Gasteiger partial charge in [-0.05, 0) is 42.5 Å². The van der Waals surface area contributed by atoms with E-state index in [1.807, 2.05) is 37.6 Å². The largest absolute Gasteiger partial charge is 0.489 e. The van der Waals surface area contributed by atoms with Gasteiger partial charge in [0.15, 0.2) is 11.0 Å². The summed E-state index contributed by atoms with van der Waals surface area (Å²) >= 11 is 1.58. The van der Waals surface area contributed by atoms with E-state index in [0.717, 1.165) is 34.3 Å². The van der Waals surface area contributed by atoms with E-state index < -0.39 is 0 Å². The number of thioether (sulfide) groups is 1. The number of aromatic nitrogens is 3. The maximum atomic E-state index is 5.65. The first-order valence-electron chi connectivity index (χ1n) is 6.49. The minimum Gasteiger partial charge on any atom is -0.489 e. The van der Waals surface area contributed by atoms with Gasteiger partial charge in [-0.3, -0.25) is 0 Å². The topological polar surface area (TPSA) is 39.9 Å². The molecule has 1 aromatic carbocycles. The number of hydrogen-bond acceptors (Lipinski definition) is 4. The van der Waals surface area contributed by atoms with E-state index in [9.17, 15) is 0 Å². The zero-order chi connectivity index (χ0) is 14.5. The minimum absolute atomic E-state index is 0.564. The van der Waals surface area contributed by atoms with Crippen LogP contribution < -0.4 is 4.74 Å². The Morgan fingerprint density at radius 3 is 2.60 bits per heavy atom. The van der Waals surface area contributed by atoms with Gasteiger partial charge in [0.1, 0.15) is 12.4 Å². The summed E-state index contributed by atoms with van der Waals surface area (Å²) in [6.07, 6.45) is 2.93. The Morgan fingerprint density at radius 1 is 1.35 bits per heavy atom. The standard InChI is InChI=1S/C15H19N3OS/c1-5-11(2)10-19-13-8-6-12(7-9-13)14-16-15(20-4)18(3)17-14/h6-9H,2,5,10H2,1,3-4H3. The van der Waals surface area contributed by atoms with Crippen molar-refractivity contribution >= 4 is 11.8 Å². The molecule has 1 heterocycles. The van der Waals surface area contributed by atoms with Gasteiger partial charge in [0.2, 0.25) is 0 Å². The highest BCUT2D eigenvalue weighted by Crippen LogP contribution is 2.22. The molecule has 0 bridgehead atoms. The molecule has 0 aliphatic heterocycles. The summed E-state index contributed by atoms with van der Waals surface area (Å²) in [5.41, 5.74) is 2.08. The number of rotatable bonds is 6. The molecular weight excluding hydrogens is 270 g/mol. The summed E-state index contributed by atoms with van der Waals surface area (Å²) in [6.45, 7) is 6.56. The van der Waals surface area contributed by atoms with Gasteiger partial charge in [-0.25, -0.2) is 9.67 Å². The van der Waals surface area contributed by atoms with Crippen molar-refractivity contribution in [1.29, 1.82) is 0 Å². The van der Waals surface area contributed by atoms with Crippen molar-refractivity contribution in [1.82, 2.24) is 14.8 Å². The smallest absolute Gasteiger partial charge is 0.186 e. The van der Waals surface area contributed by atoms with Crippen molar-refractivity contribution in [3.63, 3.8) is 0 Å². The SMILES string of the molecule is C=C(CC)COc1ccc(-c2nc(SC)n(C)n2)cc1. The maximum absolute atomic E-state index is 5.65. The Hall–Kier alpha value is -1.75. The first-order valence-corrected chi connectivity index (χ1v) is 7.71. The van der Waals surface area contributed by atoms with Crippen LogP contribution in [0.3, 0.4) is 0 Å². The van der Waals surface area contributed by atoms with E-state index in [1.54, 1.807) is 16.4 Å². The Balaban J connectivity index is 2.09. The molecule has 0 aliphatic carbocycles. The normalized spacial score (nSPS) is 10.6. The number of hydrogen-bond donors (Lipinski definition) is 0. The van der Waals surface area contributed by atoms with Crippen LogP contribution in [-0.4, -0.2) is 27.6 Å². The van der Waals surface area contributed by atoms with Crippen LogP contribution in [0.4, 0.5) is 0 Å². The van der Waals surface area contributed by atoms with E-state index in [1.165, 1.54) is 0 Å². The predicted molar refractivity (Wildman–Crippen MR) is 83.1 cm³/mol. The molecule has 20 heavy (non-hydrogen) atoms. The Labute approximate surface area is 123 Å². The number of aryl methyl sites for hydroxylation is 1. The fourth-order valence-corrected chi connectivity index (χ4v) is 2.14. The van der Waals surface area contributed by atoms with E-state index in [2.05, 4.69) is 23.6 Å².